The van der Waals surface area contributed by atoms with E-state index in [1.165, 1.54) is 0 Å². The van der Waals surface area contributed by atoms with Gasteiger partial charge in [0.1, 0.15) is 18.2 Å². The Labute approximate surface area is 131 Å². The quantitative estimate of drug-likeness (QED) is 0.642. The number of nitrogens with one attached hydrogen (secondary N) is 1. The molecule has 20 heavy (non-hydrogen) atoms. The van der Waals surface area contributed by atoms with Crippen molar-refractivity contribution in [3.8, 4) is 5.75 Å². The highest BCUT2D eigenvalue weighted by Gasteiger charge is 2.07. The predicted molar refractivity (Wildman–Crippen MR) is 85.0 cm³/mol. The van der Waals surface area contributed by atoms with E-state index in [1.54, 1.807) is 12.1 Å². The molecule has 1 heterocycles. The van der Waals surface area contributed by atoms with Crippen molar-refractivity contribution in [2.24, 2.45) is 5.84 Å². The van der Waals surface area contributed by atoms with Crippen molar-refractivity contribution in [1.29, 1.82) is 0 Å². The van der Waals surface area contributed by atoms with Gasteiger partial charge in [-0.2, -0.15) is 0 Å². The van der Waals surface area contributed by atoms with Crippen molar-refractivity contribution >= 4 is 33.3 Å². The number of halogens is 2. The topological polar surface area (TPSA) is 60.2 Å². The van der Waals surface area contributed by atoms with E-state index >= 15 is 0 Å². The van der Waals surface area contributed by atoms with Gasteiger partial charge in [-0.3, -0.25) is 0 Å². The fourth-order valence-corrected chi connectivity index (χ4v) is 2.20. The van der Waals surface area contributed by atoms with E-state index in [9.17, 15) is 0 Å². The summed E-state index contributed by atoms with van der Waals surface area (Å²) in [5.74, 6) is 6.67. The van der Waals surface area contributed by atoms with Crippen LogP contribution in [0.1, 0.15) is 16.8 Å². The van der Waals surface area contributed by atoms with Crippen LogP contribution < -0.4 is 16.0 Å². The van der Waals surface area contributed by atoms with Crippen LogP contribution in [0.3, 0.4) is 0 Å². The van der Waals surface area contributed by atoms with Crippen LogP contribution in [-0.4, -0.2) is 4.98 Å². The number of rotatable bonds is 4. The Balaban J connectivity index is 2.16. The van der Waals surface area contributed by atoms with Crippen LogP contribution in [0, 0.1) is 13.8 Å². The lowest BCUT2D eigenvalue weighted by molar-refractivity contribution is 0.301. The summed E-state index contributed by atoms with van der Waals surface area (Å²) in [5.41, 5.74) is 5.37. The number of aryl methyl sites for hydroxylation is 2. The van der Waals surface area contributed by atoms with Crippen LogP contribution >= 0.6 is 27.5 Å². The first-order valence-corrected chi connectivity index (χ1v) is 7.20. The van der Waals surface area contributed by atoms with Gasteiger partial charge in [-0.1, -0.05) is 27.5 Å². The Hall–Kier alpha value is -1.30. The summed E-state index contributed by atoms with van der Waals surface area (Å²) in [6.45, 7) is 4.33. The SMILES string of the molecule is Cc1cc(OCc2nc(NN)ccc2Cl)cc(C)c1Br. The Morgan fingerprint density at radius 2 is 1.95 bits per heavy atom. The minimum absolute atomic E-state index is 0.287. The fourth-order valence-electron chi connectivity index (χ4n) is 1.81. The molecule has 4 nitrogen and oxygen atoms in total. The van der Waals surface area contributed by atoms with E-state index in [4.69, 9.17) is 22.2 Å². The molecule has 2 aromatic rings. The highest BCUT2D eigenvalue weighted by atomic mass is 79.9. The summed E-state index contributed by atoms with van der Waals surface area (Å²) in [7, 11) is 0. The monoisotopic (exact) mass is 355 g/mol. The maximum absolute atomic E-state index is 6.09. The van der Waals surface area contributed by atoms with Crippen molar-refractivity contribution in [3.63, 3.8) is 0 Å². The summed E-state index contributed by atoms with van der Waals surface area (Å²) in [5, 5.41) is 0.551. The molecule has 2 rings (SSSR count). The Morgan fingerprint density at radius 1 is 1.30 bits per heavy atom. The standard InChI is InChI=1S/C14H15BrClN3O/c1-8-5-10(6-9(2)14(8)15)20-7-12-11(16)3-4-13(18-12)19-17/h3-6H,7,17H2,1-2H3,(H,18,19). The van der Waals surface area contributed by atoms with E-state index in [0.717, 1.165) is 21.3 Å². The van der Waals surface area contributed by atoms with Gasteiger partial charge in [-0.15, -0.1) is 0 Å². The van der Waals surface area contributed by atoms with Crippen molar-refractivity contribution < 1.29 is 4.74 Å². The molecule has 0 unspecified atom stereocenters. The molecule has 0 aliphatic rings. The molecule has 0 amide bonds. The molecular formula is C14H15BrClN3O. The molecule has 1 aromatic carbocycles. The Morgan fingerprint density at radius 3 is 2.55 bits per heavy atom. The van der Waals surface area contributed by atoms with Crippen LogP contribution in [0.5, 0.6) is 5.75 Å². The summed E-state index contributed by atoms with van der Waals surface area (Å²) >= 11 is 9.62. The zero-order chi connectivity index (χ0) is 14.7. The number of benzene rings is 1. The highest BCUT2D eigenvalue weighted by molar-refractivity contribution is 9.10. The van der Waals surface area contributed by atoms with Crippen LogP contribution in [0.4, 0.5) is 5.82 Å². The molecule has 0 atom stereocenters. The third kappa shape index (κ3) is 3.42. The first kappa shape index (κ1) is 15.1. The number of hydrogen-bond acceptors (Lipinski definition) is 4. The molecule has 0 fully saturated rings. The molecule has 0 aliphatic carbocycles. The maximum atomic E-state index is 6.09. The average molecular weight is 357 g/mol. The predicted octanol–water partition coefficient (Wildman–Crippen LogP) is 3.98. The number of pyridine rings is 1. The van der Waals surface area contributed by atoms with Gasteiger partial charge >= 0.3 is 0 Å². The maximum Gasteiger partial charge on any atom is 0.140 e. The lowest BCUT2D eigenvalue weighted by Crippen LogP contribution is -2.10. The molecular weight excluding hydrogens is 342 g/mol. The number of nitrogens with zero attached hydrogens (tertiary/aromatic N) is 1. The third-order valence-corrected chi connectivity index (χ3v) is 4.45. The van der Waals surface area contributed by atoms with Crippen LogP contribution in [-0.2, 0) is 6.61 Å². The number of aromatic nitrogens is 1. The molecule has 0 aliphatic heterocycles. The molecule has 0 saturated carbocycles. The van der Waals surface area contributed by atoms with Crippen molar-refractivity contribution in [3.05, 3.63) is 50.6 Å². The van der Waals surface area contributed by atoms with Crippen molar-refractivity contribution in [1.82, 2.24) is 4.98 Å². The third-order valence-electron chi connectivity index (χ3n) is 2.85. The molecule has 6 heteroatoms. The van der Waals surface area contributed by atoms with E-state index in [-0.39, 0.29) is 6.61 Å². The van der Waals surface area contributed by atoms with Gasteiger partial charge in [0.2, 0.25) is 0 Å². The minimum Gasteiger partial charge on any atom is -0.487 e. The second-order valence-electron chi connectivity index (χ2n) is 4.43. The molecule has 3 N–H and O–H groups in total. The molecule has 0 bridgehead atoms. The zero-order valence-corrected chi connectivity index (χ0v) is 13.5. The Kier molecular flexibility index (Phi) is 4.86. The molecule has 1 aromatic heterocycles. The second-order valence-corrected chi connectivity index (χ2v) is 5.63. The van der Waals surface area contributed by atoms with Gasteiger partial charge in [0.25, 0.3) is 0 Å². The van der Waals surface area contributed by atoms with Gasteiger partial charge in [0.15, 0.2) is 0 Å². The number of hydrogen-bond donors (Lipinski definition) is 2. The lowest BCUT2D eigenvalue weighted by atomic mass is 10.1. The molecule has 0 radical (unpaired) electrons. The van der Waals surface area contributed by atoms with Gasteiger partial charge < -0.3 is 10.2 Å². The molecule has 0 spiro atoms. The van der Waals surface area contributed by atoms with Crippen molar-refractivity contribution in [2.45, 2.75) is 20.5 Å². The molecule has 0 saturated heterocycles. The number of nitrogens with two attached hydrogens (primary N) is 1. The smallest absolute Gasteiger partial charge is 0.140 e. The Bertz CT molecular complexity index is 611. The van der Waals surface area contributed by atoms with Crippen LogP contribution in [0.2, 0.25) is 5.02 Å². The van der Waals surface area contributed by atoms with E-state index in [1.807, 2.05) is 26.0 Å². The van der Waals surface area contributed by atoms with Crippen molar-refractivity contribution in [2.75, 3.05) is 5.43 Å². The lowest BCUT2D eigenvalue weighted by Gasteiger charge is -2.11. The number of nitrogen functional groups attached to an aromatic ring is 1. The number of hydrazine groups is 1. The van der Waals surface area contributed by atoms with Crippen LogP contribution in [0.15, 0.2) is 28.7 Å². The highest BCUT2D eigenvalue weighted by Crippen LogP contribution is 2.27. The zero-order valence-electron chi connectivity index (χ0n) is 11.2. The summed E-state index contributed by atoms with van der Waals surface area (Å²) in [4.78, 5) is 4.27. The number of anilines is 1. The van der Waals surface area contributed by atoms with E-state index in [0.29, 0.717) is 16.5 Å². The molecule has 106 valence electrons. The first-order chi connectivity index (χ1) is 9.51. The van der Waals surface area contributed by atoms with Gasteiger partial charge in [-0.25, -0.2) is 10.8 Å². The number of ether oxygens (including phenoxy) is 1. The summed E-state index contributed by atoms with van der Waals surface area (Å²) in [6, 6.07) is 7.38. The van der Waals surface area contributed by atoms with Gasteiger partial charge in [-0.05, 0) is 49.2 Å². The van der Waals surface area contributed by atoms with E-state index in [2.05, 4.69) is 26.3 Å². The van der Waals surface area contributed by atoms with E-state index < -0.39 is 0 Å². The second kappa shape index (κ2) is 6.43. The first-order valence-electron chi connectivity index (χ1n) is 6.03. The largest absolute Gasteiger partial charge is 0.487 e. The average Bonchev–Trinajstić information content (AvgIpc) is 2.43. The normalized spacial score (nSPS) is 10.4. The van der Waals surface area contributed by atoms with Gasteiger partial charge in [0.05, 0.1) is 10.7 Å². The minimum atomic E-state index is 0.287. The van der Waals surface area contributed by atoms with Gasteiger partial charge in [0, 0.05) is 4.47 Å². The summed E-state index contributed by atoms with van der Waals surface area (Å²) < 4.78 is 6.85. The van der Waals surface area contributed by atoms with Crippen LogP contribution in [0.25, 0.3) is 0 Å². The summed E-state index contributed by atoms with van der Waals surface area (Å²) in [6.07, 6.45) is 0. The fraction of sp³-hybridized carbons (Fsp3) is 0.214.